The van der Waals surface area contributed by atoms with Crippen LogP contribution in [0.25, 0.3) is 0 Å². The van der Waals surface area contributed by atoms with Gasteiger partial charge in [0.25, 0.3) is 0 Å². The molecule has 0 radical (unpaired) electrons. The van der Waals surface area contributed by atoms with E-state index in [0.29, 0.717) is 5.92 Å². The number of nitrogens with zero attached hydrogens (tertiary/aromatic N) is 3. The van der Waals surface area contributed by atoms with Gasteiger partial charge in [0, 0.05) is 63.0 Å². The number of nitrogens with one attached hydrogen (secondary N) is 2. The molecule has 2 unspecified atom stereocenters. The first-order valence-electron chi connectivity index (χ1n) is 9.87. The zero-order chi connectivity index (χ0) is 19.3. The molecule has 1 aromatic heterocycles. The highest BCUT2D eigenvalue weighted by molar-refractivity contribution is 5.43. The molecule has 3 heterocycles. The lowest BCUT2D eigenvalue weighted by molar-refractivity contribution is 0.213. The first-order valence-corrected chi connectivity index (χ1v) is 9.87. The lowest BCUT2D eigenvalue weighted by Crippen LogP contribution is -2.48. The van der Waals surface area contributed by atoms with Crippen molar-refractivity contribution in [1.29, 1.82) is 0 Å². The maximum absolute atomic E-state index is 5.63. The largest absolute Gasteiger partial charge is 0.497 e. The van der Waals surface area contributed by atoms with E-state index in [0.717, 1.165) is 56.6 Å². The van der Waals surface area contributed by atoms with Crippen LogP contribution in [0.5, 0.6) is 11.5 Å². The van der Waals surface area contributed by atoms with Crippen LogP contribution < -0.4 is 25.2 Å². The molecule has 150 valence electrons. The van der Waals surface area contributed by atoms with Gasteiger partial charge in [0.05, 0.1) is 20.3 Å². The fourth-order valence-corrected chi connectivity index (χ4v) is 4.14. The third kappa shape index (κ3) is 4.06. The highest BCUT2D eigenvalue weighted by Crippen LogP contribution is 2.35. The molecule has 2 aliphatic rings. The summed E-state index contributed by atoms with van der Waals surface area (Å²) in [6, 6.07) is 12.4. The number of benzene rings is 1. The van der Waals surface area contributed by atoms with Crippen molar-refractivity contribution in [1.82, 2.24) is 20.7 Å². The molecular weight excluding hydrogens is 354 g/mol. The Labute approximate surface area is 166 Å². The first kappa shape index (κ1) is 19.0. The highest BCUT2D eigenvalue weighted by Gasteiger charge is 2.32. The Hall–Kier alpha value is -2.35. The molecule has 0 spiro atoms. The van der Waals surface area contributed by atoms with Gasteiger partial charge in [-0.25, -0.2) is 10.4 Å². The Morgan fingerprint density at radius 1 is 1.07 bits per heavy atom. The molecule has 7 nitrogen and oxygen atoms in total. The summed E-state index contributed by atoms with van der Waals surface area (Å²) in [5.74, 6) is 3.23. The van der Waals surface area contributed by atoms with Gasteiger partial charge in [-0.1, -0.05) is 12.1 Å². The van der Waals surface area contributed by atoms with Crippen molar-refractivity contribution in [3.05, 3.63) is 48.2 Å². The minimum atomic E-state index is 0.217. The van der Waals surface area contributed by atoms with Crippen LogP contribution in [0.2, 0.25) is 0 Å². The standard InChI is InChI=1S/C21H29N5O2/c1-27-17-6-7-18(19(13-17)28-2)21-16(14-23-24-21)15-25-9-11-26(12-10-25)20-5-3-4-8-22-20/h3-8,13,16,21,23-24H,9-12,14-15H2,1-2H3. The zero-order valence-electron chi connectivity index (χ0n) is 16.6. The maximum Gasteiger partial charge on any atom is 0.128 e. The monoisotopic (exact) mass is 383 g/mol. The predicted molar refractivity (Wildman–Crippen MR) is 110 cm³/mol. The molecule has 4 rings (SSSR count). The normalized spacial score (nSPS) is 23.0. The van der Waals surface area contributed by atoms with E-state index in [-0.39, 0.29) is 6.04 Å². The molecule has 2 atom stereocenters. The molecule has 0 saturated carbocycles. The number of hydrogen-bond donors (Lipinski definition) is 2. The van der Waals surface area contributed by atoms with E-state index in [1.54, 1.807) is 14.2 Å². The quantitative estimate of drug-likeness (QED) is 0.787. The van der Waals surface area contributed by atoms with Crippen LogP contribution in [0, 0.1) is 5.92 Å². The predicted octanol–water partition coefficient (Wildman–Crippen LogP) is 1.69. The number of methoxy groups -OCH3 is 2. The number of anilines is 1. The van der Waals surface area contributed by atoms with Gasteiger partial charge in [0.2, 0.25) is 0 Å². The van der Waals surface area contributed by atoms with Gasteiger partial charge in [-0.2, -0.15) is 0 Å². The van der Waals surface area contributed by atoms with Crippen LogP contribution in [0.1, 0.15) is 11.6 Å². The lowest BCUT2D eigenvalue weighted by Gasteiger charge is -2.37. The van der Waals surface area contributed by atoms with Crippen molar-refractivity contribution < 1.29 is 9.47 Å². The number of aromatic nitrogens is 1. The molecule has 0 amide bonds. The molecule has 0 bridgehead atoms. The number of ether oxygens (including phenoxy) is 2. The van der Waals surface area contributed by atoms with Crippen molar-refractivity contribution >= 4 is 5.82 Å². The summed E-state index contributed by atoms with van der Waals surface area (Å²) in [6.45, 7) is 6.14. The summed E-state index contributed by atoms with van der Waals surface area (Å²) in [5, 5.41) is 0. The molecule has 2 aromatic rings. The molecule has 0 aliphatic carbocycles. The number of pyridine rings is 1. The third-order valence-corrected chi connectivity index (χ3v) is 5.71. The summed E-state index contributed by atoms with van der Waals surface area (Å²) in [6.07, 6.45) is 1.87. The summed E-state index contributed by atoms with van der Waals surface area (Å²) in [4.78, 5) is 9.40. The average molecular weight is 383 g/mol. The van der Waals surface area contributed by atoms with Gasteiger partial charge < -0.3 is 14.4 Å². The Balaban J connectivity index is 1.39. The zero-order valence-corrected chi connectivity index (χ0v) is 16.6. The minimum Gasteiger partial charge on any atom is -0.497 e. The van der Waals surface area contributed by atoms with E-state index in [9.17, 15) is 0 Å². The first-order chi connectivity index (χ1) is 13.8. The fourth-order valence-electron chi connectivity index (χ4n) is 4.14. The van der Waals surface area contributed by atoms with Crippen LogP contribution in [-0.4, -0.2) is 63.4 Å². The topological polar surface area (TPSA) is 61.9 Å². The van der Waals surface area contributed by atoms with Crippen LogP contribution >= 0.6 is 0 Å². The molecule has 28 heavy (non-hydrogen) atoms. The Morgan fingerprint density at radius 2 is 1.93 bits per heavy atom. The Bertz CT molecular complexity index is 765. The number of rotatable bonds is 6. The molecule has 2 saturated heterocycles. The van der Waals surface area contributed by atoms with Gasteiger partial charge in [0.15, 0.2) is 0 Å². The molecule has 2 fully saturated rings. The molecule has 2 N–H and O–H groups in total. The van der Waals surface area contributed by atoms with Crippen LogP contribution in [0.3, 0.4) is 0 Å². The SMILES string of the molecule is COc1ccc(C2NNCC2CN2CCN(c3ccccn3)CC2)c(OC)c1. The van der Waals surface area contributed by atoms with Crippen molar-refractivity contribution in [3.8, 4) is 11.5 Å². The molecule has 7 heteroatoms. The molecule has 2 aliphatic heterocycles. The van der Waals surface area contributed by atoms with Gasteiger partial charge in [-0.15, -0.1) is 0 Å². The van der Waals surface area contributed by atoms with E-state index in [2.05, 4.69) is 43.8 Å². The fraction of sp³-hybridized carbons (Fsp3) is 0.476. The van der Waals surface area contributed by atoms with Crippen molar-refractivity contribution in [2.24, 2.45) is 5.92 Å². The van der Waals surface area contributed by atoms with Gasteiger partial charge in [-0.05, 0) is 18.2 Å². The third-order valence-electron chi connectivity index (χ3n) is 5.71. The second-order valence-corrected chi connectivity index (χ2v) is 7.35. The summed E-state index contributed by atoms with van der Waals surface area (Å²) < 4.78 is 11.0. The van der Waals surface area contributed by atoms with Crippen LogP contribution in [-0.2, 0) is 0 Å². The van der Waals surface area contributed by atoms with Crippen molar-refractivity contribution in [3.63, 3.8) is 0 Å². The summed E-state index contributed by atoms with van der Waals surface area (Å²) in [7, 11) is 3.39. The molecule has 1 aromatic carbocycles. The maximum atomic E-state index is 5.63. The van der Waals surface area contributed by atoms with E-state index in [1.165, 1.54) is 5.56 Å². The van der Waals surface area contributed by atoms with Crippen molar-refractivity contribution in [2.45, 2.75) is 6.04 Å². The van der Waals surface area contributed by atoms with Gasteiger partial charge in [-0.3, -0.25) is 10.3 Å². The van der Waals surface area contributed by atoms with E-state index in [1.807, 2.05) is 24.4 Å². The van der Waals surface area contributed by atoms with E-state index >= 15 is 0 Å². The molecular formula is C21H29N5O2. The Kier molecular flexibility index (Phi) is 5.95. The Morgan fingerprint density at radius 3 is 2.64 bits per heavy atom. The van der Waals surface area contributed by atoms with E-state index in [4.69, 9.17) is 9.47 Å². The van der Waals surface area contributed by atoms with Crippen LogP contribution in [0.4, 0.5) is 5.82 Å². The summed E-state index contributed by atoms with van der Waals surface area (Å²) >= 11 is 0. The van der Waals surface area contributed by atoms with Crippen LogP contribution in [0.15, 0.2) is 42.6 Å². The second kappa shape index (κ2) is 8.77. The average Bonchev–Trinajstić information content (AvgIpc) is 3.22. The highest BCUT2D eigenvalue weighted by atomic mass is 16.5. The number of hydrazine groups is 1. The number of piperazine rings is 1. The van der Waals surface area contributed by atoms with Gasteiger partial charge in [0.1, 0.15) is 17.3 Å². The van der Waals surface area contributed by atoms with Gasteiger partial charge >= 0.3 is 0 Å². The minimum absolute atomic E-state index is 0.217. The second-order valence-electron chi connectivity index (χ2n) is 7.35. The summed E-state index contributed by atoms with van der Waals surface area (Å²) in [5.41, 5.74) is 7.95. The van der Waals surface area contributed by atoms with Crippen molar-refractivity contribution in [2.75, 3.05) is 58.4 Å². The number of hydrogen-bond acceptors (Lipinski definition) is 7. The smallest absolute Gasteiger partial charge is 0.128 e. The van der Waals surface area contributed by atoms with E-state index < -0.39 is 0 Å². The lowest BCUT2D eigenvalue weighted by atomic mass is 9.93.